The molecule has 0 saturated carbocycles. The minimum atomic E-state index is -0.355. The van der Waals surface area contributed by atoms with Crippen molar-refractivity contribution in [1.29, 1.82) is 0 Å². The molecule has 0 aliphatic heterocycles. The largest absolute Gasteiger partial charge is 0.491 e. The molecule has 2 N–H and O–H groups in total. The summed E-state index contributed by atoms with van der Waals surface area (Å²) < 4.78 is 5.61. The van der Waals surface area contributed by atoms with Crippen LogP contribution in [0.5, 0.6) is 5.75 Å². The second kappa shape index (κ2) is 8.51. The van der Waals surface area contributed by atoms with Crippen molar-refractivity contribution in [3.05, 3.63) is 71.4 Å². The standard InChI is InChI=1S/C20H19ClN4O2/c1-13(2)27-17-8-6-15(7-9-17)22-19-11-10-18(24-25-19)20(26)23-16-5-3-4-14(21)12-16/h3-13H,1-2H3,(H,22,25)(H,23,26). The summed E-state index contributed by atoms with van der Waals surface area (Å²) in [5.41, 5.74) is 1.65. The van der Waals surface area contributed by atoms with Gasteiger partial charge in [-0.05, 0) is 68.4 Å². The Balaban J connectivity index is 1.62. The third-order valence-corrected chi connectivity index (χ3v) is 3.71. The lowest BCUT2D eigenvalue weighted by atomic mass is 10.3. The monoisotopic (exact) mass is 382 g/mol. The number of nitrogens with zero attached hydrogens (tertiary/aromatic N) is 2. The quantitative estimate of drug-likeness (QED) is 0.633. The first-order chi connectivity index (χ1) is 13.0. The Labute approximate surface area is 162 Å². The van der Waals surface area contributed by atoms with Gasteiger partial charge in [-0.25, -0.2) is 0 Å². The van der Waals surface area contributed by atoms with E-state index in [0.29, 0.717) is 16.5 Å². The number of halogens is 1. The van der Waals surface area contributed by atoms with Crippen molar-refractivity contribution in [2.24, 2.45) is 0 Å². The van der Waals surface area contributed by atoms with Gasteiger partial charge >= 0.3 is 0 Å². The van der Waals surface area contributed by atoms with E-state index in [4.69, 9.17) is 16.3 Å². The van der Waals surface area contributed by atoms with Crippen molar-refractivity contribution < 1.29 is 9.53 Å². The number of rotatable bonds is 6. The van der Waals surface area contributed by atoms with Crippen LogP contribution < -0.4 is 15.4 Å². The van der Waals surface area contributed by atoms with Crippen molar-refractivity contribution in [3.8, 4) is 5.75 Å². The number of nitrogens with one attached hydrogen (secondary N) is 2. The average Bonchev–Trinajstić information content (AvgIpc) is 2.63. The normalized spacial score (nSPS) is 10.5. The Morgan fingerprint density at radius 3 is 2.41 bits per heavy atom. The van der Waals surface area contributed by atoms with Crippen molar-refractivity contribution in [2.75, 3.05) is 10.6 Å². The molecule has 0 bridgehead atoms. The number of ether oxygens (including phenoxy) is 1. The molecule has 27 heavy (non-hydrogen) atoms. The van der Waals surface area contributed by atoms with Crippen LogP contribution in [0.3, 0.4) is 0 Å². The minimum absolute atomic E-state index is 0.125. The Morgan fingerprint density at radius 2 is 1.78 bits per heavy atom. The second-order valence-electron chi connectivity index (χ2n) is 6.08. The van der Waals surface area contributed by atoms with Crippen LogP contribution in [0.25, 0.3) is 0 Å². The molecule has 138 valence electrons. The van der Waals surface area contributed by atoms with Crippen molar-refractivity contribution in [3.63, 3.8) is 0 Å². The smallest absolute Gasteiger partial charge is 0.276 e. The molecular formula is C20H19ClN4O2. The van der Waals surface area contributed by atoms with Crippen molar-refractivity contribution in [1.82, 2.24) is 10.2 Å². The molecule has 7 heteroatoms. The summed E-state index contributed by atoms with van der Waals surface area (Å²) in [7, 11) is 0. The zero-order valence-corrected chi connectivity index (χ0v) is 15.7. The number of aromatic nitrogens is 2. The van der Waals surface area contributed by atoms with Crippen LogP contribution in [-0.4, -0.2) is 22.2 Å². The van der Waals surface area contributed by atoms with Gasteiger partial charge in [0.25, 0.3) is 5.91 Å². The molecule has 0 saturated heterocycles. The zero-order valence-electron chi connectivity index (χ0n) is 14.9. The molecule has 0 fully saturated rings. The van der Waals surface area contributed by atoms with Crippen LogP contribution in [0.1, 0.15) is 24.3 Å². The summed E-state index contributed by atoms with van der Waals surface area (Å²) in [5, 5.41) is 14.4. The highest BCUT2D eigenvalue weighted by molar-refractivity contribution is 6.30. The fourth-order valence-electron chi connectivity index (χ4n) is 2.32. The van der Waals surface area contributed by atoms with Gasteiger partial charge in [0.15, 0.2) is 11.5 Å². The molecule has 0 unspecified atom stereocenters. The zero-order chi connectivity index (χ0) is 19.2. The second-order valence-corrected chi connectivity index (χ2v) is 6.52. The minimum Gasteiger partial charge on any atom is -0.491 e. The maximum absolute atomic E-state index is 12.2. The van der Waals surface area contributed by atoms with E-state index in [2.05, 4.69) is 20.8 Å². The Kier molecular flexibility index (Phi) is 5.88. The van der Waals surface area contributed by atoms with Gasteiger partial charge in [-0.2, -0.15) is 0 Å². The van der Waals surface area contributed by atoms with Gasteiger partial charge in [0.2, 0.25) is 0 Å². The van der Waals surface area contributed by atoms with Crippen LogP contribution in [0, 0.1) is 0 Å². The molecule has 3 rings (SSSR count). The molecule has 0 aliphatic rings. The van der Waals surface area contributed by atoms with Crippen LogP contribution in [0.4, 0.5) is 17.2 Å². The first-order valence-electron chi connectivity index (χ1n) is 8.44. The highest BCUT2D eigenvalue weighted by atomic mass is 35.5. The van der Waals surface area contributed by atoms with E-state index < -0.39 is 0 Å². The maximum atomic E-state index is 12.2. The van der Waals surface area contributed by atoms with E-state index >= 15 is 0 Å². The molecule has 2 aromatic carbocycles. The molecule has 3 aromatic rings. The number of amides is 1. The van der Waals surface area contributed by atoms with Crippen LogP contribution in [0.15, 0.2) is 60.7 Å². The van der Waals surface area contributed by atoms with E-state index in [-0.39, 0.29) is 17.7 Å². The molecule has 0 atom stereocenters. The lowest BCUT2D eigenvalue weighted by molar-refractivity contribution is 0.102. The number of anilines is 3. The van der Waals surface area contributed by atoms with Crippen molar-refractivity contribution in [2.45, 2.75) is 20.0 Å². The maximum Gasteiger partial charge on any atom is 0.276 e. The number of benzene rings is 2. The Hall–Kier alpha value is -3.12. The van der Waals surface area contributed by atoms with Gasteiger partial charge < -0.3 is 15.4 Å². The molecular weight excluding hydrogens is 364 g/mol. The van der Waals surface area contributed by atoms with Gasteiger partial charge in [0.1, 0.15) is 5.75 Å². The summed E-state index contributed by atoms with van der Waals surface area (Å²) in [6.07, 6.45) is 0.125. The highest BCUT2D eigenvalue weighted by Crippen LogP contribution is 2.20. The number of carbonyl (C=O) groups excluding carboxylic acids is 1. The molecule has 6 nitrogen and oxygen atoms in total. The first kappa shape index (κ1) is 18.7. The van der Waals surface area contributed by atoms with E-state index in [0.717, 1.165) is 11.4 Å². The van der Waals surface area contributed by atoms with Crippen LogP contribution in [0.2, 0.25) is 5.02 Å². The van der Waals surface area contributed by atoms with Crippen LogP contribution in [-0.2, 0) is 0 Å². The van der Waals surface area contributed by atoms with Gasteiger partial charge in [-0.3, -0.25) is 4.79 Å². The van der Waals surface area contributed by atoms with E-state index in [1.54, 1.807) is 36.4 Å². The molecule has 1 amide bonds. The fourth-order valence-corrected chi connectivity index (χ4v) is 2.51. The van der Waals surface area contributed by atoms with Gasteiger partial charge in [-0.15, -0.1) is 10.2 Å². The molecule has 1 aromatic heterocycles. The highest BCUT2D eigenvalue weighted by Gasteiger charge is 2.09. The predicted octanol–water partition coefficient (Wildman–Crippen LogP) is 4.91. The molecule has 0 aliphatic carbocycles. The lowest BCUT2D eigenvalue weighted by Gasteiger charge is -2.11. The van der Waals surface area contributed by atoms with Crippen LogP contribution >= 0.6 is 11.6 Å². The van der Waals surface area contributed by atoms with E-state index in [1.165, 1.54) is 0 Å². The average molecular weight is 383 g/mol. The summed E-state index contributed by atoms with van der Waals surface area (Å²) >= 11 is 5.91. The third kappa shape index (κ3) is 5.43. The number of hydrogen-bond donors (Lipinski definition) is 2. The number of carbonyl (C=O) groups is 1. The Bertz CT molecular complexity index is 912. The molecule has 1 heterocycles. The van der Waals surface area contributed by atoms with E-state index in [1.807, 2.05) is 38.1 Å². The first-order valence-corrected chi connectivity index (χ1v) is 8.82. The summed E-state index contributed by atoms with van der Waals surface area (Å²) in [4.78, 5) is 12.2. The third-order valence-electron chi connectivity index (χ3n) is 3.48. The van der Waals surface area contributed by atoms with Crippen molar-refractivity contribution >= 4 is 34.7 Å². The molecule has 0 spiro atoms. The summed E-state index contributed by atoms with van der Waals surface area (Å²) in [6.45, 7) is 3.96. The lowest BCUT2D eigenvalue weighted by Crippen LogP contribution is -2.14. The van der Waals surface area contributed by atoms with Gasteiger partial charge in [-0.1, -0.05) is 17.7 Å². The van der Waals surface area contributed by atoms with E-state index in [9.17, 15) is 4.79 Å². The summed E-state index contributed by atoms with van der Waals surface area (Å²) in [5.74, 6) is 0.980. The SMILES string of the molecule is CC(C)Oc1ccc(Nc2ccc(C(=O)Nc3cccc(Cl)c3)nn2)cc1. The topological polar surface area (TPSA) is 76.1 Å². The molecule has 0 radical (unpaired) electrons. The predicted molar refractivity (Wildman–Crippen MR) is 107 cm³/mol. The fraction of sp³-hybridized carbons (Fsp3) is 0.150. The number of hydrogen-bond acceptors (Lipinski definition) is 5. The van der Waals surface area contributed by atoms with Gasteiger partial charge in [0, 0.05) is 16.4 Å². The van der Waals surface area contributed by atoms with Gasteiger partial charge in [0.05, 0.1) is 6.10 Å². The summed E-state index contributed by atoms with van der Waals surface area (Å²) in [6, 6.07) is 17.7. The Morgan fingerprint density at radius 1 is 1.00 bits per heavy atom.